The lowest BCUT2D eigenvalue weighted by Gasteiger charge is -2.26. The van der Waals surface area contributed by atoms with Crippen LogP contribution in [-0.2, 0) is 14.9 Å². The molecule has 0 aliphatic heterocycles. The maximum absolute atomic E-state index is 11.8. The van der Waals surface area contributed by atoms with Crippen molar-refractivity contribution in [2.24, 2.45) is 5.73 Å². The average molecular weight is 293 g/mol. The quantitative estimate of drug-likeness (QED) is 0.667. The highest BCUT2D eigenvalue weighted by Crippen LogP contribution is 2.19. The van der Waals surface area contributed by atoms with E-state index in [0.29, 0.717) is 19.2 Å². The summed E-state index contributed by atoms with van der Waals surface area (Å²) in [5, 5.41) is 0. The molecule has 19 heavy (non-hydrogen) atoms. The van der Waals surface area contributed by atoms with Gasteiger partial charge in [-0.2, -0.15) is 17.4 Å². The van der Waals surface area contributed by atoms with E-state index >= 15 is 0 Å². The van der Waals surface area contributed by atoms with Gasteiger partial charge in [-0.15, -0.1) is 0 Å². The van der Waals surface area contributed by atoms with Crippen molar-refractivity contribution in [2.45, 2.75) is 57.7 Å². The molecule has 6 nitrogen and oxygen atoms in total. The van der Waals surface area contributed by atoms with Crippen molar-refractivity contribution < 1.29 is 13.2 Å². The number of ether oxygens (including phenoxy) is 1. The number of rotatable bonds is 7. The molecule has 7 heteroatoms. The highest BCUT2D eigenvalue weighted by Gasteiger charge is 2.21. The predicted molar refractivity (Wildman–Crippen MR) is 76.0 cm³/mol. The van der Waals surface area contributed by atoms with Crippen LogP contribution >= 0.6 is 0 Å². The van der Waals surface area contributed by atoms with Crippen LogP contribution in [0.3, 0.4) is 0 Å². The van der Waals surface area contributed by atoms with Gasteiger partial charge < -0.3 is 10.5 Å². The molecule has 0 amide bonds. The maximum Gasteiger partial charge on any atom is 0.279 e. The van der Waals surface area contributed by atoms with Crippen molar-refractivity contribution in [2.75, 3.05) is 20.2 Å². The zero-order chi connectivity index (χ0) is 14.5. The second kappa shape index (κ2) is 7.54. The van der Waals surface area contributed by atoms with Crippen LogP contribution in [0.1, 0.15) is 39.5 Å². The Morgan fingerprint density at radius 3 is 2.42 bits per heavy atom. The number of nitrogens with two attached hydrogens (primary N) is 1. The third kappa shape index (κ3) is 5.74. The van der Waals surface area contributed by atoms with Crippen LogP contribution in [0.4, 0.5) is 0 Å². The summed E-state index contributed by atoms with van der Waals surface area (Å²) in [4.78, 5) is 0. The molecule has 1 saturated carbocycles. The van der Waals surface area contributed by atoms with E-state index in [1.807, 2.05) is 13.8 Å². The first kappa shape index (κ1) is 16.8. The van der Waals surface area contributed by atoms with Crippen molar-refractivity contribution in [1.82, 2.24) is 9.03 Å². The van der Waals surface area contributed by atoms with Crippen LogP contribution in [0.2, 0.25) is 0 Å². The normalized spacial score (nSPS) is 25.2. The first-order chi connectivity index (χ1) is 8.83. The Kier molecular flexibility index (Phi) is 6.68. The summed E-state index contributed by atoms with van der Waals surface area (Å²) in [6.45, 7) is 4.38. The SMILES string of the molecule is CC(C)N(C)S(=O)(=O)NCCOC1CCC(N)CC1. The van der Waals surface area contributed by atoms with Gasteiger partial charge in [0.15, 0.2) is 0 Å². The maximum atomic E-state index is 11.8. The van der Waals surface area contributed by atoms with Crippen LogP contribution in [0, 0.1) is 0 Å². The summed E-state index contributed by atoms with van der Waals surface area (Å²) >= 11 is 0. The largest absolute Gasteiger partial charge is 0.377 e. The van der Waals surface area contributed by atoms with Gasteiger partial charge in [-0.1, -0.05) is 0 Å². The Balaban J connectivity index is 2.20. The Hall–Kier alpha value is -0.210. The van der Waals surface area contributed by atoms with Crippen molar-refractivity contribution in [3.63, 3.8) is 0 Å². The monoisotopic (exact) mass is 293 g/mol. The summed E-state index contributed by atoms with van der Waals surface area (Å²) < 4.78 is 33.1. The van der Waals surface area contributed by atoms with Crippen LogP contribution in [0.25, 0.3) is 0 Å². The Bertz CT molecular complexity index is 351. The Morgan fingerprint density at radius 1 is 1.32 bits per heavy atom. The lowest BCUT2D eigenvalue weighted by molar-refractivity contribution is 0.0286. The molecule has 0 radical (unpaired) electrons. The second-order valence-electron chi connectivity index (χ2n) is 5.42. The molecule has 0 spiro atoms. The fourth-order valence-corrected chi connectivity index (χ4v) is 3.13. The smallest absolute Gasteiger partial charge is 0.279 e. The Labute approximate surface area is 116 Å². The highest BCUT2D eigenvalue weighted by atomic mass is 32.2. The standard InChI is InChI=1S/C12H27N3O3S/c1-10(2)15(3)19(16,17)14-8-9-18-12-6-4-11(13)5-7-12/h10-12,14H,4-9,13H2,1-3H3. The highest BCUT2D eigenvalue weighted by molar-refractivity contribution is 7.87. The van der Waals surface area contributed by atoms with E-state index in [0.717, 1.165) is 25.7 Å². The average Bonchev–Trinajstić information content (AvgIpc) is 2.35. The topological polar surface area (TPSA) is 84.7 Å². The fourth-order valence-electron chi connectivity index (χ4n) is 2.03. The van der Waals surface area contributed by atoms with Crippen molar-refractivity contribution in [3.8, 4) is 0 Å². The molecule has 3 N–H and O–H groups in total. The van der Waals surface area contributed by atoms with Gasteiger partial charge in [0.25, 0.3) is 10.2 Å². The third-order valence-corrected chi connectivity index (χ3v) is 5.31. The number of nitrogens with zero attached hydrogens (tertiary/aromatic N) is 1. The molecule has 114 valence electrons. The summed E-state index contributed by atoms with van der Waals surface area (Å²) in [6, 6.07) is 0.247. The van der Waals surface area contributed by atoms with Gasteiger partial charge in [0.05, 0.1) is 12.7 Å². The first-order valence-corrected chi connectivity index (χ1v) is 8.36. The Morgan fingerprint density at radius 2 is 1.89 bits per heavy atom. The van der Waals surface area contributed by atoms with Gasteiger partial charge in [-0.3, -0.25) is 0 Å². The molecule has 0 heterocycles. The van der Waals surface area contributed by atoms with E-state index in [4.69, 9.17) is 10.5 Å². The minimum Gasteiger partial charge on any atom is -0.377 e. The summed E-state index contributed by atoms with van der Waals surface area (Å²) in [5.74, 6) is 0. The summed E-state index contributed by atoms with van der Waals surface area (Å²) in [5.41, 5.74) is 5.82. The summed E-state index contributed by atoms with van der Waals surface area (Å²) in [6.07, 6.45) is 4.16. The molecule has 1 aliphatic carbocycles. The first-order valence-electron chi connectivity index (χ1n) is 6.92. The van der Waals surface area contributed by atoms with E-state index in [2.05, 4.69) is 4.72 Å². The molecule has 0 unspecified atom stereocenters. The summed E-state index contributed by atoms with van der Waals surface area (Å²) in [7, 11) is -1.82. The van der Waals surface area contributed by atoms with Crippen LogP contribution in [0.15, 0.2) is 0 Å². The van der Waals surface area contributed by atoms with Crippen LogP contribution in [0.5, 0.6) is 0 Å². The van der Waals surface area contributed by atoms with Crippen molar-refractivity contribution in [3.05, 3.63) is 0 Å². The molecular weight excluding hydrogens is 266 g/mol. The van der Waals surface area contributed by atoms with Gasteiger partial charge >= 0.3 is 0 Å². The van der Waals surface area contributed by atoms with E-state index in [-0.39, 0.29) is 12.1 Å². The lowest BCUT2D eigenvalue weighted by Crippen LogP contribution is -2.43. The number of hydrogen-bond donors (Lipinski definition) is 2. The van der Waals surface area contributed by atoms with Gasteiger partial charge in [0.1, 0.15) is 0 Å². The third-order valence-electron chi connectivity index (χ3n) is 3.57. The molecule has 0 atom stereocenters. The molecule has 0 bridgehead atoms. The molecule has 1 aliphatic rings. The lowest BCUT2D eigenvalue weighted by atomic mass is 9.94. The van der Waals surface area contributed by atoms with Crippen LogP contribution < -0.4 is 10.5 Å². The molecule has 0 aromatic carbocycles. The van der Waals surface area contributed by atoms with Gasteiger partial charge in [0, 0.05) is 25.7 Å². The van der Waals surface area contributed by atoms with Crippen molar-refractivity contribution in [1.29, 1.82) is 0 Å². The van der Waals surface area contributed by atoms with Crippen molar-refractivity contribution >= 4 is 10.2 Å². The van der Waals surface area contributed by atoms with E-state index in [9.17, 15) is 8.42 Å². The molecular formula is C12H27N3O3S. The second-order valence-corrected chi connectivity index (χ2v) is 7.23. The van der Waals surface area contributed by atoms with Gasteiger partial charge in [0.2, 0.25) is 0 Å². The minimum atomic E-state index is -3.39. The van der Waals surface area contributed by atoms with E-state index < -0.39 is 10.2 Å². The molecule has 1 fully saturated rings. The minimum absolute atomic E-state index is 0.0572. The van der Waals surface area contributed by atoms with Gasteiger partial charge in [-0.25, -0.2) is 0 Å². The zero-order valence-corrected chi connectivity index (χ0v) is 12.9. The van der Waals surface area contributed by atoms with E-state index in [1.165, 1.54) is 4.31 Å². The number of hydrogen-bond acceptors (Lipinski definition) is 4. The molecule has 0 saturated heterocycles. The molecule has 1 rings (SSSR count). The predicted octanol–water partition coefficient (Wildman–Crippen LogP) is 0.448. The molecule has 0 aromatic rings. The van der Waals surface area contributed by atoms with Crippen LogP contribution in [-0.4, -0.2) is 51.1 Å². The van der Waals surface area contributed by atoms with E-state index in [1.54, 1.807) is 7.05 Å². The zero-order valence-electron chi connectivity index (χ0n) is 12.1. The molecule has 0 aromatic heterocycles. The number of nitrogens with one attached hydrogen (secondary N) is 1. The van der Waals surface area contributed by atoms with Gasteiger partial charge in [-0.05, 0) is 39.5 Å². The fraction of sp³-hybridized carbons (Fsp3) is 1.00.